The van der Waals surface area contributed by atoms with Gasteiger partial charge in [-0.15, -0.1) is 0 Å². The molecule has 0 bridgehead atoms. The molecular weight excluding hydrogens is 422 g/mol. The van der Waals surface area contributed by atoms with Crippen LogP contribution < -0.4 is 0 Å². The zero-order chi connectivity index (χ0) is 23.8. The van der Waals surface area contributed by atoms with Gasteiger partial charge in [0.05, 0.1) is 11.3 Å². The van der Waals surface area contributed by atoms with Crippen LogP contribution in [-0.4, -0.2) is 65.7 Å². The average Bonchev–Trinajstić information content (AvgIpc) is 3.05. The fourth-order valence-corrected chi connectivity index (χ4v) is 6.09. The zero-order valence-electron chi connectivity index (χ0n) is 20.8. The van der Waals surface area contributed by atoms with Crippen molar-refractivity contribution >= 4 is 16.9 Å². The molecule has 2 heterocycles. The van der Waals surface area contributed by atoms with Crippen LogP contribution >= 0.6 is 0 Å². The highest BCUT2D eigenvalue weighted by Crippen LogP contribution is 2.46. The van der Waals surface area contributed by atoms with Gasteiger partial charge in [0.15, 0.2) is 0 Å². The fourth-order valence-electron chi connectivity index (χ4n) is 6.09. The van der Waals surface area contributed by atoms with E-state index in [-0.39, 0.29) is 0 Å². The van der Waals surface area contributed by atoms with Gasteiger partial charge in [0.25, 0.3) is 0 Å². The Hall–Kier alpha value is -2.63. The van der Waals surface area contributed by atoms with Gasteiger partial charge in [-0.2, -0.15) is 0 Å². The molecule has 5 rings (SSSR count). The highest BCUT2D eigenvalue weighted by Gasteiger charge is 2.32. The van der Waals surface area contributed by atoms with Crippen molar-refractivity contribution in [3.8, 4) is 11.3 Å². The molecule has 1 saturated carbocycles. The Kier molecular flexibility index (Phi) is 6.50. The third-order valence-electron chi connectivity index (χ3n) is 8.01. The van der Waals surface area contributed by atoms with Crippen LogP contribution in [0, 0.1) is 0 Å². The molecule has 0 radical (unpaired) electrons. The first-order valence-corrected chi connectivity index (χ1v) is 12.8. The lowest BCUT2D eigenvalue weighted by Gasteiger charge is -2.29. The van der Waals surface area contributed by atoms with Gasteiger partial charge in [-0.25, -0.2) is 4.79 Å². The average molecular weight is 460 g/mol. The largest absolute Gasteiger partial charge is 0.478 e. The molecule has 0 amide bonds. The van der Waals surface area contributed by atoms with E-state index in [1.165, 1.54) is 59.9 Å². The molecule has 1 unspecified atom stereocenters. The number of nitrogens with zero attached hydrogens (tertiary/aromatic N) is 3. The molecule has 3 aromatic rings. The quantitative estimate of drug-likeness (QED) is 0.531. The molecule has 0 saturated heterocycles. The van der Waals surface area contributed by atoms with Gasteiger partial charge in [-0.3, -0.25) is 0 Å². The Morgan fingerprint density at radius 1 is 1.03 bits per heavy atom. The molecular formula is C29H37N3O2. The molecule has 34 heavy (non-hydrogen) atoms. The highest BCUT2D eigenvalue weighted by atomic mass is 16.4. The lowest BCUT2D eigenvalue weighted by molar-refractivity contribution is 0.0697. The Morgan fingerprint density at radius 2 is 1.79 bits per heavy atom. The van der Waals surface area contributed by atoms with E-state index >= 15 is 0 Å². The molecule has 0 spiro atoms. The van der Waals surface area contributed by atoms with Gasteiger partial charge in [0.2, 0.25) is 0 Å². The number of aromatic nitrogens is 1. The summed E-state index contributed by atoms with van der Waals surface area (Å²) < 4.78 is 2.47. The van der Waals surface area contributed by atoms with Crippen molar-refractivity contribution in [2.75, 3.05) is 34.2 Å². The topological polar surface area (TPSA) is 48.7 Å². The number of hydrogen-bond acceptors (Lipinski definition) is 3. The summed E-state index contributed by atoms with van der Waals surface area (Å²) in [4.78, 5) is 16.6. The standard InChI is InChI=1S/C29H37N3O2/c1-30(2)15-16-31(3)23-17-21-11-7-8-12-24(21)28-27(20-9-5-4-6-10-20)25-14-13-22(29(33)34)18-26(25)32(28)19-23/h7-8,11-14,18,20,23H,4-6,9-10,15-17,19H2,1-3H3,(H,33,34). The van der Waals surface area contributed by atoms with Gasteiger partial charge in [-0.1, -0.05) is 49.6 Å². The van der Waals surface area contributed by atoms with E-state index in [4.69, 9.17) is 0 Å². The first-order valence-electron chi connectivity index (χ1n) is 12.8. The fraction of sp³-hybridized carbons (Fsp3) is 0.483. The van der Waals surface area contributed by atoms with Crippen molar-refractivity contribution in [3.05, 3.63) is 59.2 Å². The molecule has 2 aliphatic rings. The monoisotopic (exact) mass is 459 g/mol. The van der Waals surface area contributed by atoms with Gasteiger partial charge in [-0.05, 0) is 69.6 Å². The van der Waals surface area contributed by atoms with Crippen LogP contribution in [0.2, 0.25) is 0 Å². The van der Waals surface area contributed by atoms with Crippen LogP contribution in [0.4, 0.5) is 0 Å². The minimum absolute atomic E-state index is 0.352. The number of rotatable bonds is 6. The first kappa shape index (κ1) is 23.1. The Bertz CT molecular complexity index is 1190. The van der Waals surface area contributed by atoms with E-state index in [1.807, 2.05) is 6.07 Å². The number of fused-ring (bicyclic) bond motifs is 5. The first-order chi connectivity index (χ1) is 16.4. The maximum atomic E-state index is 11.9. The number of carbonyl (C=O) groups is 1. The molecule has 1 aliphatic heterocycles. The van der Waals surface area contributed by atoms with Gasteiger partial charge < -0.3 is 19.5 Å². The number of hydrogen-bond donors (Lipinski definition) is 1. The summed E-state index contributed by atoms with van der Waals surface area (Å²) in [6.07, 6.45) is 7.33. The molecule has 1 atom stereocenters. The predicted molar refractivity (Wildman–Crippen MR) is 139 cm³/mol. The van der Waals surface area contributed by atoms with E-state index in [2.05, 4.69) is 65.8 Å². The Morgan fingerprint density at radius 3 is 2.53 bits per heavy atom. The summed E-state index contributed by atoms with van der Waals surface area (Å²) >= 11 is 0. The lowest BCUT2D eigenvalue weighted by Crippen LogP contribution is -2.40. The van der Waals surface area contributed by atoms with Gasteiger partial charge in [0.1, 0.15) is 0 Å². The molecule has 1 aliphatic carbocycles. The summed E-state index contributed by atoms with van der Waals surface area (Å²) in [6, 6.07) is 15.0. The predicted octanol–water partition coefficient (Wildman–Crippen LogP) is 5.47. The van der Waals surface area contributed by atoms with Crippen LogP contribution in [0.1, 0.15) is 59.5 Å². The Labute approximate surface area is 203 Å². The van der Waals surface area contributed by atoms with Crippen LogP contribution in [0.15, 0.2) is 42.5 Å². The van der Waals surface area contributed by atoms with Crippen LogP contribution in [-0.2, 0) is 13.0 Å². The number of carboxylic acids is 1. The number of aromatic carboxylic acids is 1. The van der Waals surface area contributed by atoms with Crippen molar-refractivity contribution in [1.82, 2.24) is 14.4 Å². The summed E-state index contributed by atoms with van der Waals surface area (Å²) in [7, 11) is 6.48. The number of benzene rings is 2. The second-order valence-corrected chi connectivity index (χ2v) is 10.5. The maximum Gasteiger partial charge on any atom is 0.335 e. The second kappa shape index (κ2) is 9.55. The maximum absolute atomic E-state index is 11.9. The number of carboxylic acid groups (broad SMARTS) is 1. The van der Waals surface area contributed by atoms with E-state index in [0.717, 1.165) is 31.6 Å². The molecule has 1 fully saturated rings. The minimum Gasteiger partial charge on any atom is -0.478 e. The lowest BCUT2D eigenvalue weighted by atomic mass is 9.81. The van der Waals surface area contributed by atoms with E-state index < -0.39 is 5.97 Å². The van der Waals surface area contributed by atoms with Crippen molar-refractivity contribution in [2.24, 2.45) is 0 Å². The molecule has 2 aromatic carbocycles. The number of likely N-dealkylation sites (N-methyl/N-ethyl adjacent to an activating group) is 2. The third-order valence-corrected chi connectivity index (χ3v) is 8.01. The normalized spacial score (nSPS) is 18.8. The van der Waals surface area contributed by atoms with Crippen LogP contribution in [0.5, 0.6) is 0 Å². The summed E-state index contributed by atoms with van der Waals surface area (Å²) in [5.74, 6) is -0.315. The zero-order valence-corrected chi connectivity index (χ0v) is 20.8. The molecule has 180 valence electrons. The summed E-state index contributed by atoms with van der Waals surface area (Å²) in [6.45, 7) is 2.90. The minimum atomic E-state index is -0.856. The molecule has 1 aromatic heterocycles. The summed E-state index contributed by atoms with van der Waals surface area (Å²) in [5, 5.41) is 11.0. The van der Waals surface area contributed by atoms with Crippen LogP contribution in [0.25, 0.3) is 22.2 Å². The van der Waals surface area contributed by atoms with Crippen molar-refractivity contribution in [1.29, 1.82) is 0 Å². The molecule has 5 nitrogen and oxygen atoms in total. The smallest absolute Gasteiger partial charge is 0.335 e. The van der Waals surface area contributed by atoms with E-state index in [0.29, 0.717) is 17.5 Å². The van der Waals surface area contributed by atoms with Gasteiger partial charge in [0, 0.05) is 42.1 Å². The van der Waals surface area contributed by atoms with Crippen molar-refractivity contribution in [2.45, 2.75) is 57.0 Å². The SMILES string of the molecule is CN(C)CCN(C)C1Cc2ccccc2-c2c(C3CCCCC3)c3ccc(C(=O)O)cc3n2C1. The third kappa shape index (κ3) is 4.27. The van der Waals surface area contributed by atoms with Crippen molar-refractivity contribution in [3.63, 3.8) is 0 Å². The van der Waals surface area contributed by atoms with E-state index in [9.17, 15) is 9.90 Å². The molecule has 5 heteroatoms. The molecule has 1 N–H and O–H groups in total. The Balaban J connectivity index is 1.72. The summed E-state index contributed by atoms with van der Waals surface area (Å²) in [5.41, 5.74) is 6.98. The van der Waals surface area contributed by atoms with Crippen molar-refractivity contribution < 1.29 is 9.90 Å². The second-order valence-electron chi connectivity index (χ2n) is 10.5. The highest BCUT2D eigenvalue weighted by molar-refractivity contribution is 5.98. The van der Waals surface area contributed by atoms with E-state index in [1.54, 1.807) is 6.07 Å². The van der Waals surface area contributed by atoms with Gasteiger partial charge >= 0.3 is 5.97 Å². The van der Waals surface area contributed by atoms with Crippen LogP contribution in [0.3, 0.4) is 0 Å².